The summed E-state index contributed by atoms with van der Waals surface area (Å²) in [4.78, 5) is 169. The number of para-hydroxylation sites is 1. The first-order valence-electron chi connectivity index (χ1n) is 29.7. The van der Waals surface area contributed by atoms with Gasteiger partial charge in [-0.3, -0.25) is 62.7 Å². The maximum atomic E-state index is 14.6. The number of carbonyl (C=O) groups excluding carboxylic acids is 11. The number of imidazole rings is 1. The number of aliphatic imine (C=N–C) groups is 1. The monoisotopic (exact) mass is 1280 g/mol. The molecule has 19 N–H and O–H groups in total. The predicted octanol–water partition coefficient (Wildman–Crippen LogP) is -3.15. The number of pyridine rings is 1. The molecule has 0 spiro atoms. The number of nitrogens with zero attached hydrogens (tertiary/aromatic N) is 4. The molecule has 488 valence electrons. The molecule has 2 aliphatic rings. The average Bonchev–Trinajstić information content (AvgIpc) is 2.24. The minimum absolute atomic E-state index is 0.0124. The van der Waals surface area contributed by atoms with Gasteiger partial charge in [0.15, 0.2) is 5.96 Å². The fourth-order valence-corrected chi connectivity index (χ4v) is 11.6. The number of aromatic hydroxyl groups is 1. The number of likely N-dealkylation sites (tertiary alicyclic amines) is 1. The fraction of sp³-hybridized carbons (Fsp3) is 0.458. The molecule has 8 atom stereocenters. The number of nitrogens with two attached hydrogens (primary N) is 3. The number of benzene rings is 2. The van der Waals surface area contributed by atoms with Crippen molar-refractivity contribution in [3.05, 3.63) is 90.3 Å². The molecule has 2 fully saturated rings. The van der Waals surface area contributed by atoms with Crippen molar-refractivity contribution in [1.82, 2.24) is 72.7 Å². The van der Waals surface area contributed by atoms with Crippen LogP contribution in [0.15, 0.2) is 78.4 Å². The highest BCUT2D eigenvalue weighted by molar-refractivity contribution is 7.98. The largest absolute Gasteiger partial charge is 0.506 e. The predicted molar refractivity (Wildman–Crippen MR) is 333 cm³/mol. The SMILES string of the molecule is CC(C)C[C@H](NC(=O)CNC(=O)[C@H](CSCc1ccc(O)c2ncccc12)NC(=O)[C@H](CO)NC(=O)[C@H](Cc1c[nH]c2ccccc12)NC(=O)[C@H](Cc1cnc[nH]1)NC(=O)[C@@H]1CCC(=O)N1)C(=O)N[C@@H](CCCN=C(N)N)C(=O)N1CCC[C@H]1C(=O)NCC(N)=O. The lowest BCUT2D eigenvalue weighted by Crippen LogP contribution is -2.60. The van der Waals surface area contributed by atoms with Gasteiger partial charge in [-0.2, -0.15) is 11.8 Å². The Morgan fingerprint density at radius 2 is 1.45 bits per heavy atom. The van der Waals surface area contributed by atoms with Crippen molar-refractivity contribution >= 4 is 105 Å². The Labute approximate surface area is 526 Å². The molecule has 32 heteroatoms. The van der Waals surface area contributed by atoms with Crippen LogP contribution in [0.5, 0.6) is 5.75 Å². The lowest BCUT2D eigenvalue weighted by molar-refractivity contribution is -0.142. The van der Waals surface area contributed by atoms with Gasteiger partial charge in [-0.1, -0.05) is 44.2 Å². The molecule has 5 heterocycles. The molecule has 0 unspecified atom stereocenters. The van der Waals surface area contributed by atoms with E-state index in [9.17, 15) is 63.0 Å². The van der Waals surface area contributed by atoms with E-state index in [4.69, 9.17) is 17.2 Å². The Morgan fingerprint density at radius 3 is 2.15 bits per heavy atom. The number of hydrogen-bond donors (Lipinski definition) is 16. The summed E-state index contributed by atoms with van der Waals surface area (Å²) in [6.07, 6.45) is 6.99. The highest BCUT2D eigenvalue weighted by Crippen LogP contribution is 2.29. The van der Waals surface area contributed by atoms with Crippen LogP contribution in [0.1, 0.15) is 75.6 Å². The number of aliphatic hydroxyl groups is 1. The van der Waals surface area contributed by atoms with Gasteiger partial charge in [0.05, 0.1) is 26.0 Å². The van der Waals surface area contributed by atoms with Crippen molar-refractivity contribution < 1.29 is 63.0 Å². The number of phenols is 1. The summed E-state index contributed by atoms with van der Waals surface area (Å²) in [5.41, 5.74) is 19.0. The van der Waals surface area contributed by atoms with Crippen LogP contribution in [0.25, 0.3) is 21.8 Å². The molecule has 11 amide bonds. The smallest absolute Gasteiger partial charge is 0.245 e. The Bertz CT molecular complexity index is 3470. The molecule has 0 radical (unpaired) electrons. The van der Waals surface area contributed by atoms with Crippen LogP contribution in [-0.4, -0.2) is 193 Å². The minimum Gasteiger partial charge on any atom is -0.506 e. The Balaban J connectivity index is 1.07. The summed E-state index contributed by atoms with van der Waals surface area (Å²) in [6, 6.07) is 3.32. The van der Waals surface area contributed by atoms with Gasteiger partial charge in [0, 0.05) is 84.4 Å². The summed E-state index contributed by atoms with van der Waals surface area (Å²) in [5.74, 6) is -8.75. The van der Waals surface area contributed by atoms with E-state index in [2.05, 4.69) is 72.8 Å². The van der Waals surface area contributed by atoms with Crippen LogP contribution in [0.4, 0.5) is 0 Å². The number of nitrogens with one attached hydrogen (secondary N) is 11. The number of amides is 11. The van der Waals surface area contributed by atoms with Gasteiger partial charge in [0.25, 0.3) is 0 Å². The van der Waals surface area contributed by atoms with Crippen molar-refractivity contribution in [2.24, 2.45) is 28.1 Å². The molecule has 7 rings (SSSR count). The van der Waals surface area contributed by atoms with Crippen LogP contribution in [-0.2, 0) is 71.3 Å². The molecular formula is C59H78N18O13S. The molecule has 3 aromatic heterocycles. The standard InChI is InChI=1S/C59H78N18O13S/c1-31(2)20-40(53(85)72-39(11-6-18-65-59(61)62)58(90)77-19-7-12-45(77)57(89)67-25-47(60)80)71-49(82)26-68-51(83)44(29-91-28-32-13-15-46(79)50-36(32)9-5-17-64-50)76-56(88)43(27-78)75-54(86)41(21-33-23-66-37-10-4-3-8-35(33)37)73-55(87)42(22-34-24-63-30-69-34)74-52(84)38-14-16-48(81)70-38/h3-5,8-10,13,15,17,23-24,30-31,38-45,66,78-79H,6-7,11-12,14,16,18-22,25-29H2,1-2H3,(H2,60,80)(H,63,69)(H,67,89)(H,68,83)(H,70,81)(H,71,82)(H,72,85)(H,73,87)(H,74,84)(H,75,86)(H,76,88)(H4,61,62,65)/t38-,39-,40-,41-,42-,43-,44-,45-/m0/s1. The zero-order valence-electron chi connectivity index (χ0n) is 50.3. The van der Waals surface area contributed by atoms with Gasteiger partial charge in [0.1, 0.15) is 59.6 Å². The van der Waals surface area contributed by atoms with Crippen LogP contribution in [0.3, 0.4) is 0 Å². The average molecular weight is 1280 g/mol. The first kappa shape index (κ1) is 68.6. The van der Waals surface area contributed by atoms with Crippen LogP contribution in [0, 0.1) is 5.92 Å². The van der Waals surface area contributed by atoms with Crippen molar-refractivity contribution in [2.45, 2.75) is 126 Å². The number of fused-ring (bicyclic) bond motifs is 2. The van der Waals surface area contributed by atoms with Gasteiger partial charge in [-0.05, 0) is 73.8 Å². The Kier molecular flexibility index (Phi) is 25.0. The van der Waals surface area contributed by atoms with Crippen molar-refractivity contribution in [3.8, 4) is 5.75 Å². The van der Waals surface area contributed by atoms with Gasteiger partial charge in [0.2, 0.25) is 65.0 Å². The number of H-pyrrole nitrogens is 2. The van der Waals surface area contributed by atoms with Crippen LogP contribution in [0.2, 0.25) is 0 Å². The van der Waals surface area contributed by atoms with E-state index < -0.39 is 127 Å². The number of primary amides is 1. The van der Waals surface area contributed by atoms with Crippen LogP contribution < -0.4 is 65.1 Å². The molecular weight excluding hydrogens is 1200 g/mol. The van der Waals surface area contributed by atoms with Gasteiger partial charge in [-0.25, -0.2) is 4.98 Å². The molecule has 0 aliphatic carbocycles. The number of hydrogen-bond acceptors (Lipinski definition) is 17. The lowest BCUT2D eigenvalue weighted by atomic mass is 10.0. The molecule has 0 bridgehead atoms. The zero-order valence-corrected chi connectivity index (χ0v) is 51.1. The van der Waals surface area contributed by atoms with Crippen molar-refractivity contribution in [2.75, 3.05) is 38.5 Å². The van der Waals surface area contributed by atoms with Crippen molar-refractivity contribution in [1.29, 1.82) is 0 Å². The fourth-order valence-electron chi connectivity index (χ4n) is 10.5. The Hall–Kier alpha value is -9.85. The number of aliphatic hydroxyl groups excluding tert-OH is 1. The highest BCUT2D eigenvalue weighted by atomic mass is 32.2. The van der Waals surface area contributed by atoms with E-state index >= 15 is 0 Å². The van der Waals surface area contributed by atoms with E-state index in [0.717, 1.165) is 0 Å². The van der Waals surface area contributed by atoms with E-state index in [0.29, 0.717) is 45.0 Å². The lowest BCUT2D eigenvalue weighted by Gasteiger charge is -2.30. The molecule has 0 saturated carbocycles. The molecule has 2 aromatic carbocycles. The third-order valence-corrected chi connectivity index (χ3v) is 16.2. The first-order valence-corrected chi connectivity index (χ1v) is 30.8. The number of rotatable bonds is 33. The third kappa shape index (κ3) is 19.8. The van der Waals surface area contributed by atoms with Crippen molar-refractivity contribution in [3.63, 3.8) is 0 Å². The Morgan fingerprint density at radius 1 is 0.747 bits per heavy atom. The number of thioether (sulfide) groups is 1. The molecule has 31 nitrogen and oxygen atoms in total. The topological polar surface area (TPSA) is 488 Å². The number of carbonyl (C=O) groups is 11. The number of guanidine groups is 1. The minimum atomic E-state index is -1.76. The summed E-state index contributed by atoms with van der Waals surface area (Å²) in [7, 11) is 0. The third-order valence-electron chi connectivity index (χ3n) is 15.1. The van der Waals surface area contributed by atoms with Gasteiger partial charge >= 0.3 is 0 Å². The van der Waals surface area contributed by atoms with Gasteiger partial charge < -0.3 is 90.1 Å². The number of aromatic amines is 2. The number of aromatic nitrogens is 4. The maximum absolute atomic E-state index is 14.6. The van der Waals surface area contributed by atoms with E-state index in [1.807, 2.05) is 0 Å². The van der Waals surface area contributed by atoms with E-state index in [1.54, 1.807) is 62.5 Å². The second kappa shape index (κ2) is 33.1. The first-order chi connectivity index (χ1) is 43.6. The second-order valence-electron chi connectivity index (χ2n) is 22.4. The van der Waals surface area contributed by atoms with E-state index in [1.165, 1.54) is 41.4 Å². The summed E-state index contributed by atoms with van der Waals surface area (Å²) in [5, 5.41) is 45.9. The van der Waals surface area contributed by atoms with E-state index in [-0.39, 0.29) is 99.5 Å². The molecule has 5 aromatic rings. The summed E-state index contributed by atoms with van der Waals surface area (Å²) >= 11 is 1.17. The highest BCUT2D eigenvalue weighted by Gasteiger charge is 2.39. The van der Waals surface area contributed by atoms with Gasteiger partial charge in [-0.15, -0.1) is 0 Å². The normalized spacial score (nSPS) is 16.5. The molecule has 2 aliphatic heterocycles. The molecule has 2 saturated heterocycles. The summed E-state index contributed by atoms with van der Waals surface area (Å²) in [6.45, 7) is 1.63. The maximum Gasteiger partial charge on any atom is 0.245 e. The molecule has 91 heavy (non-hydrogen) atoms. The quantitative estimate of drug-likeness (QED) is 0.0112. The number of phenolic OH excluding ortho intramolecular Hbond substituents is 1. The summed E-state index contributed by atoms with van der Waals surface area (Å²) < 4.78 is 0. The zero-order chi connectivity index (χ0) is 65.7. The second-order valence-corrected chi connectivity index (χ2v) is 23.5. The van der Waals surface area contributed by atoms with Crippen LogP contribution >= 0.6 is 11.8 Å².